The summed E-state index contributed by atoms with van der Waals surface area (Å²) < 4.78 is 25.4. The molecule has 8 nitrogen and oxygen atoms in total. The molecule has 2 aromatic carbocycles. The third kappa shape index (κ3) is 4.42. The van der Waals surface area contributed by atoms with E-state index in [1.54, 1.807) is 20.8 Å². The van der Waals surface area contributed by atoms with Crippen molar-refractivity contribution in [3.8, 4) is 0 Å². The Labute approximate surface area is 207 Å². The van der Waals surface area contributed by atoms with Crippen LogP contribution in [0, 0.1) is 0 Å². The third-order valence-corrected chi connectivity index (χ3v) is 12.0. The standard InChI is InChI=1S/C26H35N3O5Si/c1-18(30)26(22(28-29-27)21-23(34-26)33-25(5,6)32-21)17-31-35(24(2,3)4,19-13-9-7-10-14-19)20-15-11-8-12-16-20/h7-16,18,21-23,30H,17H2,1-6H3/t18?,21-,22+,23+,26+/m1/s1. The smallest absolute Gasteiger partial charge is 0.261 e. The van der Waals surface area contributed by atoms with Crippen molar-refractivity contribution < 1.29 is 23.7 Å². The van der Waals surface area contributed by atoms with E-state index >= 15 is 0 Å². The molecular weight excluding hydrogens is 462 g/mol. The van der Waals surface area contributed by atoms with E-state index in [0.29, 0.717) is 0 Å². The molecule has 0 aromatic heterocycles. The van der Waals surface area contributed by atoms with Crippen LogP contribution < -0.4 is 10.4 Å². The number of ether oxygens (including phenoxy) is 3. The van der Waals surface area contributed by atoms with E-state index in [4.69, 9.17) is 18.6 Å². The van der Waals surface area contributed by atoms with Crippen LogP contribution in [0.4, 0.5) is 0 Å². The van der Waals surface area contributed by atoms with Crippen molar-refractivity contribution in [1.82, 2.24) is 0 Å². The van der Waals surface area contributed by atoms with E-state index in [9.17, 15) is 10.6 Å². The van der Waals surface area contributed by atoms with E-state index in [0.717, 1.165) is 10.4 Å². The molecule has 0 bridgehead atoms. The van der Waals surface area contributed by atoms with Crippen molar-refractivity contribution in [2.24, 2.45) is 5.11 Å². The minimum atomic E-state index is -2.93. The quantitative estimate of drug-likeness (QED) is 0.271. The highest BCUT2D eigenvalue weighted by Gasteiger charge is 2.64. The largest absolute Gasteiger partial charge is 0.404 e. The first-order chi connectivity index (χ1) is 16.5. The van der Waals surface area contributed by atoms with Crippen LogP contribution in [0.2, 0.25) is 5.04 Å². The van der Waals surface area contributed by atoms with Crippen LogP contribution >= 0.6 is 0 Å². The maximum absolute atomic E-state index is 11.0. The van der Waals surface area contributed by atoms with Crippen LogP contribution in [0.25, 0.3) is 10.4 Å². The van der Waals surface area contributed by atoms with E-state index in [2.05, 4.69) is 55.1 Å². The first-order valence-electron chi connectivity index (χ1n) is 12.0. The Hall–Kier alpha value is -2.23. The number of aliphatic hydroxyl groups is 1. The molecule has 0 radical (unpaired) electrons. The summed E-state index contributed by atoms with van der Waals surface area (Å²) in [6.07, 6.45) is -2.45. The van der Waals surface area contributed by atoms with Gasteiger partial charge in [-0.1, -0.05) is 86.5 Å². The predicted molar refractivity (Wildman–Crippen MR) is 136 cm³/mol. The van der Waals surface area contributed by atoms with Gasteiger partial charge in [0, 0.05) is 4.91 Å². The van der Waals surface area contributed by atoms with E-state index in [1.165, 1.54) is 0 Å². The van der Waals surface area contributed by atoms with Crippen molar-refractivity contribution in [1.29, 1.82) is 0 Å². The Morgan fingerprint density at radius 1 is 1.03 bits per heavy atom. The molecule has 5 atom stereocenters. The summed E-state index contributed by atoms with van der Waals surface area (Å²) in [4.78, 5) is 3.07. The minimum absolute atomic E-state index is 0.00177. The molecule has 35 heavy (non-hydrogen) atoms. The summed E-state index contributed by atoms with van der Waals surface area (Å²) in [6, 6.07) is 19.6. The molecule has 2 fully saturated rings. The minimum Gasteiger partial charge on any atom is -0.404 e. The van der Waals surface area contributed by atoms with E-state index < -0.39 is 44.2 Å². The molecule has 0 aliphatic carbocycles. The first kappa shape index (κ1) is 25.8. The predicted octanol–water partition coefficient (Wildman–Crippen LogP) is 3.87. The number of benzene rings is 2. The monoisotopic (exact) mass is 497 g/mol. The van der Waals surface area contributed by atoms with Crippen molar-refractivity contribution in [3.05, 3.63) is 71.1 Å². The third-order valence-electron chi connectivity index (χ3n) is 7.05. The van der Waals surface area contributed by atoms with Gasteiger partial charge in [-0.15, -0.1) is 0 Å². The lowest BCUT2D eigenvalue weighted by atomic mass is 9.89. The Bertz CT molecular complexity index is 1030. The van der Waals surface area contributed by atoms with Crippen molar-refractivity contribution in [2.45, 2.75) is 82.5 Å². The summed E-state index contributed by atoms with van der Waals surface area (Å²) in [5.41, 5.74) is 8.05. The SMILES string of the molecule is CC(O)[C@]1(CO[Si](c2ccccc2)(c2ccccc2)C(C)(C)C)O[C@@H]2OC(C)(C)O[C@@H]2[C@@H]1N=[N+]=[N-]. The lowest BCUT2D eigenvalue weighted by Gasteiger charge is -2.46. The Kier molecular flexibility index (Phi) is 6.89. The molecule has 1 N–H and O–H groups in total. The van der Waals surface area contributed by atoms with Gasteiger partial charge in [0.25, 0.3) is 8.32 Å². The number of hydrogen-bond donors (Lipinski definition) is 1. The Balaban J connectivity index is 1.81. The maximum atomic E-state index is 11.0. The van der Waals surface area contributed by atoms with Crippen molar-refractivity contribution in [2.75, 3.05) is 6.61 Å². The number of azide groups is 1. The molecule has 2 aromatic rings. The van der Waals surface area contributed by atoms with Crippen LogP contribution in [0.15, 0.2) is 65.8 Å². The number of nitrogens with zero attached hydrogens (tertiary/aromatic N) is 3. The highest BCUT2D eigenvalue weighted by Crippen LogP contribution is 2.47. The Morgan fingerprint density at radius 2 is 1.57 bits per heavy atom. The van der Waals surface area contributed by atoms with Gasteiger partial charge >= 0.3 is 0 Å². The molecule has 0 saturated carbocycles. The second-order valence-electron chi connectivity index (χ2n) is 10.8. The van der Waals surface area contributed by atoms with Gasteiger partial charge in [0.1, 0.15) is 17.7 Å². The molecule has 4 rings (SSSR count). The summed E-state index contributed by atoms with van der Waals surface area (Å²) in [6.45, 7) is 11.7. The molecule has 9 heteroatoms. The second-order valence-corrected chi connectivity index (χ2v) is 15.1. The van der Waals surface area contributed by atoms with E-state index in [-0.39, 0.29) is 11.6 Å². The average Bonchev–Trinajstić information content (AvgIpc) is 3.25. The van der Waals surface area contributed by atoms with Gasteiger partial charge < -0.3 is 23.7 Å². The maximum Gasteiger partial charge on any atom is 0.261 e. The topological polar surface area (TPSA) is 106 Å². The number of fused-ring (bicyclic) bond motifs is 1. The van der Waals surface area contributed by atoms with Crippen molar-refractivity contribution in [3.63, 3.8) is 0 Å². The fraction of sp³-hybridized carbons (Fsp3) is 0.538. The van der Waals surface area contributed by atoms with Crippen LogP contribution in [-0.2, 0) is 18.6 Å². The van der Waals surface area contributed by atoms with Gasteiger partial charge in [0.2, 0.25) is 0 Å². The van der Waals surface area contributed by atoms with Gasteiger partial charge in [-0.2, -0.15) is 0 Å². The second kappa shape index (κ2) is 9.33. The zero-order valence-corrected chi connectivity index (χ0v) is 22.2. The molecule has 0 spiro atoms. The average molecular weight is 498 g/mol. The normalized spacial score (nSPS) is 28.8. The Morgan fingerprint density at radius 3 is 2.03 bits per heavy atom. The molecule has 0 amide bonds. The lowest BCUT2D eigenvalue weighted by Crippen LogP contribution is -2.69. The van der Waals surface area contributed by atoms with E-state index in [1.807, 2.05) is 36.4 Å². The van der Waals surface area contributed by atoms with Gasteiger partial charge in [-0.25, -0.2) is 0 Å². The fourth-order valence-corrected chi connectivity index (χ4v) is 10.0. The molecular formula is C26H35N3O5Si. The van der Waals surface area contributed by atoms with Crippen LogP contribution in [0.3, 0.4) is 0 Å². The summed E-state index contributed by atoms with van der Waals surface area (Å²) in [5.74, 6) is -0.887. The highest BCUT2D eigenvalue weighted by atomic mass is 28.4. The van der Waals surface area contributed by atoms with Gasteiger partial charge in [-0.3, -0.25) is 0 Å². The van der Waals surface area contributed by atoms with Gasteiger partial charge in [0.15, 0.2) is 12.1 Å². The molecule has 188 valence electrons. The highest BCUT2D eigenvalue weighted by molar-refractivity contribution is 6.99. The number of hydrogen-bond acceptors (Lipinski definition) is 6. The van der Waals surface area contributed by atoms with Gasteiger partial charge in [0.05, 0.1) is 12.7 Å². The first-order valence-corrected chi connectivity index (χ1v) is 13.9. The molecule has 1 unspecified atom stereocenters. The molecule has 2 aliphatic rings. The van der Waals surface area contributed by atoms with Crippen LogP contribution in [0.5, 0.6) is 0 Å². The van der Waals surface area contributed by atoms with Gasteiger partial charge in [-0.05, 0) is 41.7 Å². The fourth-order valence-electron chi connectivity index (χ4n) is 5.41. The number of aliphatic hydroxyl groups excluding tert-OH is 1. The summed E-state index contributed by atoms with van der Waals surface area (Å²) in [5, 5.41) is 17.0. The van der Waals surface area contributed by atoms with Crippen LogP contribution in [-0.4, -0.2) is 56.0 Å². The zero-order valence-electron chi connectivity index (χ0n) is 21.2. The summed E-state index contributed by atoms with van der Waals surface area (Å²) >= 11 is 0. The number of rotatable bonds is 7. The van der Waals surface area contributed by atoms with Crippen molar-refractivity contribution >= 4 is 18.7 Å². The lowest BCUT2D eigenvalue weighted by molar-refractivity contribution is -0.248. The zero-order chi connectivity index (χ0) is 25.5. The molecule has 2 heterocycles. The van der Waals surface area contributed by atoms with Crippen LogP contribution in [0.1, 0.15) is 41.5 Å². The molecule has 2 saturated heterocycles. The molecule has 2 aliphatic heterocycles. The summed E-state index contributed by atoms with van der Waals surface area (Å²) in [7, 11) is -2.93.